The molecule has 0 aliphatic carbocycles. The van der Waals surface area contributed by atoms with Crippen molar-refractivity contribution in [2.45, 2.75) is 33.6 Å². The van der Waals surface area contributed by atoms with Crippen LogP contribution in [-0.2, 0) is 9.59 Å². The van der Waals surface area contributed by atoms with Gasteiger partial charge in [0.2, 0.25) is 5.91 Å². The van der Waals surface area contributed by atoms with Crippen LogP contribution in [0.5, 0.6) is 5.75 Å². The van der Waals surface area contributed by atoms with Gasteiger partial charge in [-0.25, -0.2) is 0 Å². The second-order valence-electron chi connectivity index (χ2n) is 3.99. The Bertz CT molecular complexity index is 472. The van der Waals surface area contributed by atoms with Crippen LogP contribution in [0, 0.1) is 6.92 Å². The SMILES string of the molecule is CCCC(=O)Oc1cc(NC(C)=O)cc(Cl)c1C. The minimum absolute atomic E-state index is 0.208. The Morgan fingerprint density at radius 2 is 2.06 bits per heavy atom. The number of ether oxygens (including phenoxy) is 1. The molecule has 1 aromatic rings. The van der Waals surface area contributed by atoms with Gasteiger partial charge in [-0.05, 0) is 19.4 Å². The lowest BCUT2D eigenvalue weighted by atomic mass is 10.2. The number of hydrogen-bond acceptors (Lipinski definition) is 3. The van der Waals surface area contributed by atoms with E-state index in [-0.39, 0.29) is 11.9 Å². The normalized spacial score (nSPS) is 10.0. The van der Waals surface area contributed by atoms with Crippen molar-refractivity contribution in [1.29, 1.82) is 0 Å². The van der Waals surface area contributed by atoms with Crippen molar-refractivity contribution in [3.05, 3.63) is 22.7 Å². The van der Waals surface area contributed by atoms with E-state index in [1.165, 1.54) is 6.92 Å². The van der Waals surface area contributed by atoms with Crippen molar-refractivity contribution < 1.29 is 14.3 Å². The zero-order chi connectivity index (χ0) is 13.7. The fraction of sp³-hybridized carbons (Fsp3) is 0.385. The maximum Gasteiger partial charge on any atom is 0.311 e. The van der Waals surface area contributed by atoms with E-state index >= 15 is 0 Å². The number of anilines is 1. The largest absolute Gasteiger partial charge is 0.426 e. The van der Waals surface area contributed by atoms with Gasteiger partial charge in [0.15, 0.2) is 0 Å². The molecule has 1 rings (SSSR count). The van der Waals surface area contributed by atoms with Gasteiger partial charge in [-0.15, -0.1) is 0 Å². The first-order valence-electron chi connectivity index (χ1n) is 5.72. The molecular weight excluding hydrogens is 254 g/mol. The van der Waals surface area contributed by atoms with Crippen LogP contribution >= 0.6 is 11.6 Å². The smallest absolute Gasteiger partial charge is 0.311 e. The molecule has 18 heavy (non-hydrogen) atoms. The van der Waals surface area contributed by atoms with Crippen LogP contribution in [0.3, 0.4) is 0 Å². The number of halogens is 1. The van der Waals surface area contributed by atoms with Crippen molar-refractivity contribution in [2.75, 3.05) is 5.32 Å². The van der Waals surface area contributed by atoms with Gasteiger partial charge in [0.25, 0.3) is 0 Å². The van der Waals surface area contributed by atoms with E-state index < -0.39 is 0 Å². The van der Waals surface area contributed by atoms with E-state index in [4.69, 9.17) is 16.3 Å². The highest BCUT2D eigenvalue weighted by molar-refractivity contribution is 6.32. The first kappa shape index (κ1) is 14.5. The lowest BCUT2D eigenvalue weighted by molar-refractivity contribution is -0.134. The Balaban J connectivity index is 2.98. The topological polar surface area (TPSA) is 55.4 Å². The summed E-state index contributed by atoms with van der Waals surface area (Å²) in [7, 11) is 0. The summed E-state index contributed by atoms with van der Waals surface area (Å²) in [6.45, 7) is 5.06. The van der Waals surface area contributed by atoms with Crippen molar-refractivity contribution in [1.82, 2.24) is 0 Å². The molecular formula is C13H16ClNO3. The van der Waals surface area contributed by atoms with Gasteiger partial charge in [0.1, 0.15) is 5.75 Å². The van der Waals surface area contributed by atoms with Crippen LogP contribution in [0.15, 0.2) is 12.1 Å². The van der Waals surface area contributed by atoms with Crippen molar-refractivity contribution >= 4 is 29.2 Å². The molecule has 0 aliphatic rings. The van der Waals surface area contributed by atoms with Crippen molar-refractivity contribution in [3.8, 4) is 5.75 Å². The third kappa shape index (κ3) is 4.04. The van der Waals surface area contributed by atoms with E-state index in [0.717, 1.165) is 6.42 Å². The standard InChI is InChI=1S/C13H16ClNO3/c1-4-5-13(17)18-12-7-10(15-9(3)16)6-11(14)8(12)2/h6-7H,4-5H2,1-3H3,(H,15,16). The van der Waals surface area contributed by atoms with Crippen LogP contribution in [0.25, 0.3) is 0 Å². The van der Waals surface area contributed by atoms with E-state index in [1.54, 1.807) is 19.1 Å². The Morgan fingerprint density at radius 1 is 1.39 bits per heavy atom. The highest BCUT2D eigenvalue weighted by atomic mass is 35.5. The van der Waals surface area contributed by atoms with Crippen LogP contribution in [0.2, 0.25) is 5.02 Å². The predicted molar refractivity (Wildman–Crippen MR) is 71.0 cm³/mol. The lowest BCUT2D eigenvalue weighted by Crippen LogP contribution is -2.10. The molecule has 0 saturated carbocycles. The molecule has 98 valence electrons. The molecule has 1 amide bonds. The molecule has 0 saturated heterocycles. The second kappa shape index (κ2) is 6.40. The summed E-state index contributed by atoms with van der Waals surface area (Å²) in [5.41, 5.74) is 1.19. The Kier molecular flexibility index (Phi) is 5.16. The number of carbonyl (C=O) groups excluding carboxylic acids is 2. The Morgan fingerprint density at radius 3 is 2.61 bits per heavy atom. The quantitative estimate of drug-likeness (QED) is 0.674. The lowest BCUT2D eigenvalue weighted by Gasteiger charge is -2.11. The Hall–Kier alpha value is -1.55. The molecule has 0 spiro atoms. The predicted octanol–water partition coefficient (Wildman–Crippen LogP) is 3.31. The zero-order valence-electron chi connectivity index (χ0n) is 10.7. The molecule has 0 fully saturated rings. The molecule has 0 atom stereocenters. The molecule has 0 radical (unpaired) electrons. The summed E-state index contributed by atoms with van der Waals surface area (Å²) in [5.74, 6) is -0.137. The number of hydrogen-bond donors (Lipinski definition) is 1. The molecule has 0 aromatic heterocycles. The van der Waals surface area contributed by atoms with Gasteiger partial charge in [-0.3, -0.25) is 9.59 Å². The summed E-state index contributed by atoms with van der Waals surface area (Å²) in [5, 5.41) is 3.05. The molecule has 1 aromatic carbocycles. The number of rotatable bonds is 4. The van der Waals surface area contributed by atoms with Crippen LogP contribution < -0.4 is 10.1 Å². The molecule has 0 unspecified atom stereocenters. The van der Waals surface area contributed by atoms with E-state index in [1.807, 2.05) is 6.92 Å². The van der Waals surface area contributed by atoms with Gasteiger partial charge < -0.3 is 10.1 Å². The zero-order valence-corrected chi connectivity index (χ0v) is 11.4. The van der Waals surface area contributed by atoms with Crippen LogP contribution in [0.1, 0.15) is 32.3 Å². The van der Waals surface area contributed by atoms with Crippen molar-refractivity contribution in [3.63, 3.8) is 0 Å². The van der Waals surface area contributed by atoms with E-state index in [2.05, 4.69) is 5.32 Å². The fourth-order valence-electron chi connectivity index (χ4n) is 1.41. The summed E-state index contributed by atoms with van der Waals surface area (Å²) < 4.78 is 5.21. The van der Waals surface area contributed by atoms with E-state index in [0.29, 0.717) is 28.4 Å². The average molecular weight is 270 g/mol. The molecule has 0 aliphatic heterocycles. The minimum atomic E-state index is -0.309. The van der Waals surface area contributed by atoms with Gasteiger partial charge in [-0.1, -0.05) is 18.5 Å². The maximum atomic E-state index is 11.5. The third-order valence-corrected chi connectivity index (χ3v) is 2.69. The second-order valence-corrected chi connectivity index (χ2v) is 4.39. The van der Waals surface area contributed by atoms with Gasteiger partial charge in [-0.2, -0.15) is 0 Å². The first-order valence-corrected chi connectivity index (χ1v) is 6.10. The molecule has 0 bridgehead atoms. The van der Waals surface area contributed by atoms with Crippen LogP contribution in [-0.4, -0.2) is 11.9 Å². The number of nitrogens with one attached hydrogen (secondary N) is 1. The molecule has 0 heterocycles. The Labute approximate surface area is 111 Å². The average Bonchev–Trinajstić information content (AvgIpc) is 2.24. The highest BCUT2D eigenvalue weighted by Gasteiger charge is 2.11. The van der Waals surface area contributed by atoms with E-state index in [9.17, 15) is 9.59 Å². The van der Waals surface area contributed by atoms with Crippen molar-refractivity contribution in [2.24, 2.45) is 0 Å². The van der Waals surface area contributed by atoms with Gasteiger partial charge in [0, 0.05) is 35.7 Å². The summed E-state index contributed by atoms with van der Waals surface area (Å²) >= 11 is 6.02. The summed E-state index contributed by atoms with van der Waals surface area (Å²) in [4.78, 5) is 22.4. The van der Waals surface area contributed by atoms with Gasteiger partial charge in [0.05, 0.1) is 0 Å². The maximum absolute atomic E-state index is 11.5. The molecule has 1 N–H and O–H groups in total. The number of benzene rings is 1. The number of carbonyl (C=O) groups is 2. The minimum Gasteiger partial charge on any atom is -0.426 e. The monoisotopic (exact) mass is 269 g/mol. The van der Waals surface area contributed by atoms with Gasteiger partial charge >= 0.3 is 5.97 Å². The summed E-state index contributed by atoms with van der Waals surface area (Å²) in [6.07, 6.45) is 1.07. The number of amides is 1. The highest BCUT2D eigenvalue weighted by Crippen LogP contribution is 2.30. The molecule has 5 heteroatoms. The third-order valence-electron chi connectivity index (χ3n) is 2.29. The van der Waals surface area contributed by atoms with Crippen LogP contribution in [0.4, 0.5) is 5.69 Å². The summed E-state index contributed by atoms with van der Waals surface area (Å²) in [6, 6.07) is 3.21. The number of esters is 1. The molecule has 4 nitrogen and oxygen atoms in total. The fourth-order valence-corrected chi connectivity index (χ4v) is 1.62. The first-order chi connectivity index (χ1) is 8.43.